The van der Waals surface area contributed by atoms with E-state index in [-0.39, 0.29) is 0 Å². The van der Waals surface area contributed by atoms with Gasteiger partial charge in [0.25, 0.3) is 0 Å². The van der Waals surface area contributed by atoms with Crippen molar-refractivity contribution in [3.8, 4) is 6.07 Å². The van der Waals surface area contributed by atoms with Crippen molar-refractivity contribution in [3.63, 3.8) is 0 Å². The third kappa shape index (κ3) is 1.69. The first-order valence-corrected chi connectivity index (χ1v) is 3.80. The number of aromatic nitrogens is 1. The lowest BCUT2D eigenvalue weighted by Crippen LogP contribution is -1.93. The topological polar surface area (TPSA) is 48.7 Å². The van der Waals surface area contributed by atoms with Gasteiger partial charge < -0.3 is 5.32 Å². The lowest BCUT2D eigenvalue weighted by molar-refractivity contribution is 1.25. The standard InChI is InChI=1S/C7H6BrN3/c1-10-7-6(8)2-5(3-9)4-11-7/h2,4H,1H3,(H,10,11). The molecule has 1 rings (SSSR count). The minimum absolute atomic E-state index is 0.552. The van der Waals surface area contributed by atoms with E-state index in [1.165, 1.54) is 6.20 Å². The average molecular weight is 212 g/mol. The van der Waals surface area contributed by atoms with Gasteiger partial charge in [0.2, 0.25) is 0 Å². The fourth-order valence-electron chi connectivity index (χ4n) is 0.683. The predicted octanol–water partition coefficient (Wildman–Crippen LogP) is 1.76. The first-order chi connectivity index (χ1) is 5.27. The van der Waals surface area contributed by atoms with Gasteiger partial charge in [-0.25, -0.2) is 4.98 Å². The van der Waals surface area contributed by atoms with E-state index in [0.29, 0.717) is 5.56 Å². The zero-order valence-corrected chi connectivity index (χ0v) is 7.51. The van der Waals surface area contributed by atoms with Crippen molar-refractivity contribution in [2.45, 2.75) is 0 Å². The third-order valence-electron chi connectivity index (χ3n) is 1.21. The Morgan fingerprint density at radius 1 is 1.73 bits per heavy atom. The van der Waals surface area contributed by atoms with Crippen molar-refractivity contribution in [1.82, 2.24) is 4.98 Å². The molecule has 1 aromatic rings. The lowest BCUT2D eigenvalue weighted by atomic mass is 10.3. The van der Waals surface area contributed by atoms with Gasteiger partial charge in [0.15, 0.2) is 0 Å². The predicted molar refractivity (Wildman–Crippen MR) is 46.2 cm³/mol. The second kappa shape index (κ2) is 3.35. The summed E-state index contributed by atoms with van der Waals surface area (Å²) < 4.78 is 0.805. The molecular weight excluding hydrogens is 206 g/mol. The van der Waals surface area contributed by atoms with Crippen molar-refractivity contribution < 1.29 is 0 Å². The minimum atomic E-state index is 0.552. The van der Waals surface area contributed by atoms with Crippen molar-refractivity contribution in [3.05, 3.63) is 22.3 Å². The van der Waals surface area contributed by atoms with Gasteiger partial charge in [-0.05, 0) is 22.0 Å². The van der Waals surface area contributed by atoms with Gasteiger partial charge in [0.1, 0.15) is 11.9 Å². The van der Waals surface area contributed by atoms with Crippen LogP contribution in [-0.4, -0.2) is 12.0 Å². The summed E-state index contributed by atoms with van der Waals surface area (Å²) in [5.74, 6) is 0.740. The molecule has 0 saturated heterocycles. The Balaban J connectivity index is 3.12. The van der Waals surface area contributed by atoms with Crippen LogP contribution in [0, 0.1) is 11.3 Å². The molecule has 0 unspecified atom stereocenters. The molecule has 56 valence electrons. The fraction of sp³-hybridized carbons (Fsp3) is 0.143. The van der Waals surface area contributed by atoms with E-state index in [4.69, 9.17) is 5.26 Å². The average Bonchev–Trinajstić information content (AvgIpc) is 2.04. The van der Waals surface area contributed by atoms with Crippen LogP contribution in [-0.2, 0) is 0 Å². The Bertz CT molecular complexity index is 303. The highest BCUT2D eigenvalue weighted by Gasteiger charge is 1.98. The van der Waals surface area contributed by atoms with Crippen LogP contribution >= 0.6 is 15.9 Å². The SMILES string of the molecule is CNc1ncc(C#N)cc1Br. The number of nitriles is 1. The molecule has 0 aromatic carbocycles. The largest absolute Gasteiger partial charge is 0.372 e. The highest BCUT2D eigenvalue weighted by Crippen LogP contribution is 2.19. The molecule has 11 heavy (non-hydrogen) atoms. The summed E-state index contributed by atoms with van der Waals surface area (Å²) in [6, 6.07) is 3.72. The molecule has 0 aliphatic heterocycles. The molecule has 4 heteroatoms. The quantitative estimate of drug-likeness (QED) is 0.771. The smallest absolute Gasteiger partial charge is 0.140 e. The van der Waals surface area contributed by atoms with Gasteiger partial charge in [0, 0.05) is 13.2 Å². The van der Waals surface area contributed by atoms with Crippen LogP contribution in [0.5, 0.6) is 0 Å². The van der Waals surface area contributed by atoms with Crippen molar-refractivity contribution >= 4 is 21.7 Å². The number of halogens is 1. The van der Waals surface area contributed by atoms with E-state index in [0.717, 1.165) is 10.3 Å². The number of anilines is 1. The van der Waals surface area contributed by atoms with Crippen LogP contribution in [0.2, 0.25) is 0 Å². The first kappa shape index (κ1) is 8.02. The zero-order valence-electron chi connectivity index (χ0n) is 5.93. The number of rotatable bonds is 1. The van der Waals surface area contributed by atoms with Crippen LogP contribution in [0.3, 0.4) is 0 Å². The van der Waals surface area contributed by atoms with E-state index in [1.807, 2.05) is 6.07 Å². The summed E-state index contributed by atoms with van der Waals surface area (Å²) in [4.78, 5) is 3.99. The molecule has 0 aliphatic carbocycles. The summed E-state index contributed by atoms with van der Waals surface area (Å²) >= 11 is 3.27. The molecule has 0 atom stereocenters. The monoisotopic (exact) mass is 211 g/mol. The Labute approximate surface area is 73.2 Å². The molecule has 1 heterocycles. The zero-order chi connectivity index (χ0) is 8.27. The van der Waals surface area contributed by atoms with Gasteiger partial charge >= 0.3 is 0 Å². The van der Waals surface area contributed by atoms with E-state index in [1.54, 1.807) is 13.1 Å². The third-order valence-corrected chi connectivity index (χ3v) is 1.81. The van der Waals surface area contributed by atoms with Gasteiger partial charge in [-0.3, -0.25) is 0 Å². The summed E-state index contributed by atoms with van der Waals surface area (Å²) in [6.07, 6.45) is 1.52. The van der Waals surface area contributed by atoms with Crippen molar-refractivity contribution in [2.75, 3.05) is 12.4 Å². The number of nitrogens with one attached hydrogen (secondary N) is 1. The Hall–Kier alpha value is -1.08. The summed E-state index contributed by atoms with van der Waals surface area (Å²) in [5.41, 5.74) is 0.552. The molecule has 0 bridgehead atoms. The van der Waals surface area contributed by atoms with E-state index < -0.39 is 0 Å². The fourth-order valence-corrected chi connectivity index (χ4v) is 1.23. The van der Waals surface area contributed by atoms with Crippen molar-refractivity contribution in [2.24, 2.45) is 0 Å². The maximum absolute atomic E-state index is 8.49. The van der Waals surface area contributed by atoms with Crippen LogP contribution < -0.4 is 5.32 Å². The van der Waals surface area contributed by atoms with Crippen LogP contribution in [0.4, 0.5) is 5.82 Å². The van der Waals surface area contributed by atoms with Crippen molar-refractivity contribution in [1.29, 1.82) is 5.26 Å². The highest BCUT2D eigenvalue weighted by molar-refractivity contribution is 9.10. The van der Waals surface area contributed by atoms with Gasteiger partial charge in [0.05, 0.1) is 10.0 Å². The van der Waals surface area contributed by atoms with Gasteiger partial charge in [-0.15, -0.1) is 0 Å². The molecule has 1 aromatic heterocycles. The summed E-state index contributed by atoms with van der Waals surface area (Å²) in [7, 11) is 1.78. The summed E-state index contributed by atoms with van der Waals surface area (Å²) in [6.45, 7) is 0. The molecule has 0 spiro atoms. The molecule has 0 fully saturated rings. The maximum Gasteiger partial charge on any atom is 0.140 e. The second-order valence-electron chi connectivity index (χ2n) is 1.92. The molecule has 0 aliphatic rings. The van der Waals surface area contributed by atoms with E-state index in [2.05, 4.69) is 26.2 Å². The van der Waals surface area contributed by atoms with Crippen LogP contribution in [0.15, 0.2) is 16.7 Å². The summed E-state index contributed by atoms with van der Waals surface area (Å²) in [5, 5.41) is 11.4. The van der Waals surface area contributed by atoms with E-state index >= 15 is 0 Å². The molecule has 0 amide bonds. The molecule has 1 N–H and O–H groups in total. The first-order valence-electron chi connectivity index (χ1n) is 3.01. The number of pyridine rings is 1. The Kier molecular flexibility index (Phi) is 2.44. The molecular formula is C7H6BrN3. The van der Waals surface area contributed by atoms with Crippen LogP contribution in [0.1, 0.15) is 5.56 Å². The number of hydrogen-bond donors (Lipinski definition) is 1. The molecule has 3 nitrogen and oxygen atoms in total. The van der Waals surface area contributed by atoms with Crippen LogP contribution in [0.25, 0.3) is 0 Å². The molecule has 0 saturated carbocycles. The highest BCUT2D eigenvalue weighted by atomic mass is 79.9. The number of hydrogen-bond acceptors (Lipinski definition) is 3. The Morgan fingerprint density at radius 2 is 2.45 bits per heavy atom. The molecule has 0 radical (unpaired) electrons. The van der Waals surface area contributed by atoms with E-state index in [9.17, 15) is 0 Å². The number of nitrogens with zero attached hydrogens (tertiary/aromatic N) is 2. The second-order valence-corrected chi connectivity index (χ2v) is 2.77. The normalized spacial score (nSPS) is 8.82. The lowest BCUT2D eigenvalue weighted by Gasteiger charge is -2.00. The van der Waals surface area contributed by atoms with Gasteiger partial charge in [-0.2, -0.15) is 5.26 Å². The maximum atomic E-state index is 8.49. The Morgan fingerprint density at radius 3 is 2.91 bits per heavy atom. The van der Waals surface area contributed by atoms with Gasteiger partial charge in [-0.1, -0.05) is 0 Å². The minimum Gasteiger partial charge on any atom is -0.372 e.